The molecule has 0 amide bonds. The third-order valence-corrected chi connectivity index (χ3v) is 4.25. The molecule has 1 rings (SSSR count). The maximum Gasteiger partial charge on any atom is 0.215 e. The van der Waals surface area contributed by atoms with Gasteiger partial charge in [0.2, 0.25) is 10.0 Å². The van der Waals surface area contributed by atoms with E-state index in [4.69, 9.17) is 5.73 Å². The summed E-state index contributed by atoms with van der Waals surface area (Å²) >= 11 is 0. The topological polar surface area (TPSA) is 72.2 Å². The third-order valence-electron chi connectivity index (χ3n) is 2.93. The van der Waals surface area contributed by atoms with Crippen molar-refractivity contribution in [1.82, 2.24) is 4.72 Å². The molecule has 1 aromatic carbocycles. The molecule has 0 spiro atoms. The fourth-order valence-corrected chi connectivity index (χ4v) is 2.79. The fourth-order valence-electron chi connectivity index (χ4n) is 1.53. The molecule has 3 N–H and O–H groups in total. The van der Waals surface area contributed by atoms with Crippen LogP contribution in [0.4, 0.5) is 0 Å². The van der Waals surface area contributed by atoms with Crippen molar-refractivity contribution in [2.45, 2.75) is 32.6 Å². The maximum atomic E-state index is 11.9. The van der Waals surface area contributed by atoms with Crippen LogP contribution in [0.1, 0.15) is 31.4 Å². The van der Waals surface area contributed by atoms with Gasteiger partial charge in [-0.15, -0.1) is 0 Å². The molecular weight excluding hydrogens is 248 g/mol. The van der Waals surface area contributed by atoms with E-state index < -0.39 is 10.0 Å². The van der Waals surface area contributed by atoms with Gasteiger partial charge < -0.3 is 5.73 Å². The molecule has 0 bridgehead atoms. The van der Waals surface area contributed by atoms with Crippen molar-refractivity contribution in [2.75, 3.05) is 6.54 Å². The highest BCUT2D eigenvalue weighted by atomic mass is 32.2. The monoisotopic (exact) mass is 270 g/mol. The molecule has 0 fully saturated rings. The minimum absolute atomic E-state index is 0.0112. The Morgan fingerprint density at radius 3 is 2.61 bits per heavy atom. The molecule has 1 aromatic rings. The predicted molar refractivity (Wildman–Crippen MR) is 74.4 cm³/mol. The zero-order valence-corrected chi connectivity index (χ0v) is 11.8. The van der Waals surface area contributed by atoms with E-state index in [0.717, 1.165) is 17.5 Å². The molecule has 18 heavy (non-hydrogen) atoms. The molecule has 1 atom stereocenters. The second kappa shape index (κ2) is 6.87. The van der Waals surface area contributed by atoms with Gasteiger partial charge >= 0.3 is 0 Å². The van der Waals surface area contributed by atoms with Crippen LogP contribution >= 0.6 is 0 Å². The standard InChI is InChI=1S/C13H22N2O2S/c1-3-11(2)9-15-18(16,17)10-13-6-4-5-12(7-13)8-14/h4-7,11,15H,3,8-10,14H2,1-2H3. The second-order valence-corrected chi connectivity index (χ2v) is 6.45. The van der Waals surface area contributed by atoms with Crippen LogP contribution in [0.15, 0.2) is 24.3 Å². The normalized spacial score (nSPS) is 13.5. The first-order valence-corrected chi connectivity index (χ1v) is 7.87. The third kappa shape index (κ3) is 5.16. The van der Waals surface area contributed by atoms with Gasteiger partial charge in [0.05, 0.1) is 5.75 Å². The van der Waals surface area contributed by atoms with E-state index in [2.05, 4.69) is 4.72 Å². The molecule has 4 nitrogen and oxygen atoms in total. The summed E-state index contributed by atoms with van der Waals surface area (Å²) in [6, 6.07) is 7.37. The van der Waals surface area contributed by atoms with E-state index in [1.807, 2.05) is 38.1 Å². The quantitative estimate of drug-likeness (QED) is 0.790. The van der Waals surface area contributed by atoms with Crippen LogP contribution in [0.3, 0.4) is 0 Å². The SMILES string of the molecule is CCC(C)CNS(=O)(=O)Cc1cccc(CN)c1. The molecule has 5 heteroatoms. The number of nitrogens with two attached hydrogens (primary N) is 1. The van der Waals surface area contributed by atoms with E-state index in [1.165, 1.54) is 0 Å². The van der Waals surface area contributed by atoms with Gasteiger partial charge in [-0.05, 0) is 17.0 Å². The summed E-state index contributed by atoms with van der Waals surface area (Å²) < 4.78 is 26.4. The van der Waals surface area contributed by atoms with Gasteiger partial charge in [0, 0.05) is 13.1 Å². The zero-order valence-electron chi connectivity index (χ0n) is 11.0. The number of benzene rings is 1. The van der Waals surface area contributed by atoms with E-state index >= 15 is 0 Å². The minimum Gasteiger partial charge on any atom is -0.326 e. The first-order valence-electron chi connectivity index (χ1n) is 6.22. The number of sulfonamides is 1. The Balaban J connectivity index is 2.64. The Morgan fingerprint density at radius 1 is 1.33 bits per heavy atom. The smallest absolute Gasteiger partial charge is 0.215 e. The average molecular weight is 270 g/mol. The highest BCUT2D eigenvalue weighted by Crippen LogP contribution is 2.09. The Hall–Kier alpha value is -0.910. The zero-order chi connectivity index (χ0) is 13.6. The minimum atomic E-state index is -3.26. The van der Waals surface area contributed by atoms with Gasteiger partial charge in [-0.25, -0.2) is 13.1 Å². The summed E-state index contributed by atoms with van der Waals surface area (Å²) in [6.45, 7) is 4.99. The summed E-state index contributed by atoms with van der Waals surface area (Å²) in [7, 11) is -3.26. The Kier molecular flexibility index (Phi) is 5.78. The molecule has 0 saturated carbocycles. The van der Waals surface area contributed by atoms with Gasteiger partial charge in [0.15, 0.2) is 0 Å². The molecule has 0 aliphatic heterocycles. The van der Waals surface area contributed by atoms with E-state index in [0.29, 0.717) is 19.0 Å². The fraction of sp³-hybridized carbons (Fsp3) is 0.538. The van der Waals surface area contributed by atoms with Crippen LogP contribution < -0.4 is 10.5 Å². The van der Waals surface area contributed by atoms with Crippen molar-refractivity contribution >= 4 is 10.0 Å². The summed E-state index contributed by atoms with van der Waals surface area (Å²) in [5.41, 5.74) is 7.26. The maximum absolute atomic E-state index is 11.9. The van der Waals surface area contributed by atoms with Crippen molar-refractivity contribution in [1.29, 1.82) is 0 Å². The Morgan fingerprint density at radius 2 is 2.00 bits per heavy atom. The summed E-state index contributed by atoms with van der Waals surface area (Å²) in [4.78, 5) is 0. The number of hydrogen-bond acceptors (Lipinski definition) is 3. The van der Waals surface area contributed by atoms with E-state index in [-0.39, 0.29) is 5.75 Å². The lowest BCUT2D eigenvalue weighted by molar-refractivity contribution is 0.528. The van der Waals surface area contributed by atoms with Crippen LogP contribution in [0.25, 0.3) is 0 Å². The number of nitrogens with one attached hydrogen (secondary N) is 1. The van der Waals surface area contributed by atoms with Gasteiger partial charge in [0.25, 0.3) is 0 Å². The number of hydrogen-bond donors (Lipinski definition) is 2. The first kappa shape index (κ1) is 15.1. The summed E-state index contributed by atoms with van der Waals surface area (Å²) in [5, 5.41) is 0. The van der Waals surface area contributed by atoms with E-state index in [9.17, 15) is 8.42 Å². The Bertz CT molecular complexity index is 472. The van der Waals surface area contributed by atoms with Crippen molar-refractivity contribution in [3.63, 3.8) is 0 Å². The van der Waals surface area contributed by atoms with Gasteiger partial charge in [0.1, 0.15) is 0 Å². The molecule has 0 heterocycles. The van der Waals surface area contributed by atoms with Crippen LogP contribution in [0.5, 0.6) is 0 Å². The summed E-state index contributed by atoms with van der Waals surface area (Å²) in [5.74, 6) is 0.368. The van der Waals surface area contributed by atoms with Crippen LogP contribution in [-0.2, 0) is 22.3 Å². The lowest BCUT2D eigenvalue weighted by Crippen LogP contribution is -2.29. The molecule has 0 radical (unpaired) electrons. The van der Waals surface area contributed by atoms with Gasteiger partial charge in [-0.2, -0.15) is 0 Å². The van der Waals surface area contributed by atoms with Crippen molar-refractivity contribution < 1.29 is 8.42 Å². The molecule has 0 saturated heterocycles. The molecule has 0 aliphatic carbocycles. The van der Waals surface area contributed by atoms with Crippen molar-refractivity contribution in [2.24, 2.45) is 11.7 Å². The highest BCUT2D eigenvalue weighted by Gasteiger charge is 2.12. The Labute approximate surface area is 110 Å². The first-order chi connectivity index (χ1) is 8.46. The van der Waals surface area contributed by atoms with Crippen LogP contribution in [0, 0.1) is 5.92 Å². The molecule has 0 aliphatic rings. The van der Waals surface area contributed by atoms with Gasteiger partial charge in [-0.3, -0.25) is 0 Å². The molecule has 1 unspecified atom stereocenters. The van der Waals surface area contributed by atoms with Crippen LogP contribution in [-0.4, -0.2) is 15.0 Å². The average Bonchev–Trinajstić information content (AvgIpc) is 2.35. The van der Waals surface area contributed by atoms with E-state index in [1.54, 1.807) is 0 Å². The summed E-state index contributed by atoms with van der Waals surface area (Å²) in [6.07, 6.45) is 0.963. The van der Waals surface area contributed by atoms with Crippen molar-refractivity contribution in [3.05, 3.63) is 35.4 Å². The highest BCUT2D eigenvalue weighted by molar-refractivity contribution is 7.88. The molecular formula is C13H22N2O2S. The second-order valence-electron chi connectivity index (χ2n) is 4.65. The van der Waals surface area contributed by atoms with Crippen molar-refractivity contribution in [3.8, 4) is 0 Å². The van der Waals surface area contributed by atoms with Crippen LogP contribution in [0.2, 0.25) is 0 Å². The molecule has 0 aromatic heterocycles. The lowest BCUT2D eigenvalue weighted by atomic mass is 10.1. The largest absolute Gasteiger partial charge is 0.326 e. The predicted octanol–water partition coefficient (Wildman–Crippen LogP) is 1.61. The lowest BCUT2D eigenvalue weighted by Gasteiger charge is -2.11. The van der Waals surface area contributed by atoms with Gasteiger partial charge in [-0.1, -0.05) is 44.5 Å². The molecule has 102 valence electrons. The number of rotatable bonds is 7.